The number of guanidine groups is 1. The lowest BCUT2D eigenvalue weighted by Crippen LogP contribution is -2.36. The summed E-state index contributed by atoms with van der Waals surface area (Å²) in [6, 6.07) is 10.5. The number of nitrogens with zero attached hydrogens (tertiary/aromatic N) is 1. The molecule has 1 fully saturated rings. The van der Waals surface area contributed by atoms with Gasteiger partial charge in [0.25, 0.3) is 5.91 Å². The third-order valence-corrected chi connectivity index (χ3v) is 5.16. The number of amides is 1. The van der Waals surface area contributed by atoms with E-state index in [0.717, 1.165) is 19.4 Å². The van der Waals surface area contributed by atoms with Crippen molar-refractivity contribution in [2.24, 2.45) is 4.99 Å². The maximum Gasteiger partial charge on any atom is 0.258 e. The Labute approximate surface area is 186 Å². The number of carbonyl (C=O) groups is 1. The van der Waals surface area contributed by atoms with E-state index in [4.69, 9.17) is 23.7 Å². The Bertz CT molecular complexity index is 988. The predicted molar refractivity (Wildman–Crippen MR) is 119 cm³/mol. The van der Waals surface area contributed by atoms with Gasteiger partial charge in [-0.3, -0.25) is 10.1 Å². The normalized spacial score (nSPS) is 17.6. The summed E-state index contributed by atoms with van der Waals surface area (Å²) in [6.45, 7) is 2.20. The van der Waals surface area contributed by atoms with Crippen molar-refractivity contribution in [1.82, 2.24) is 5.32 Å². The summed E-state index contributed by atoms with van der Waals surface area (Å²) in [5.74, 6) is 2.34. The molecule has 9 heteroatoms. The van der Waals surface area contributed by atoms with Crippen LogP contribution in [0.5, 0.6) is 23.0 Å². The van der Waals surface area contributed by atoms with Crippen LogP contribution in [0.15, 0.2) is 41.4 Å². The van der Waals surface area contributed by atoms with Crippen molar-refractivity contribution >= 4 is 17.6 Å². The average molecular weight is 441 g/mol. The summed E-state index contributed by atoms with van der Waals surface area (Å²) in [5.41, 5.74) is 1.13. The molecule has 2 aromatic rings. The van der Waals surface area contributed by atoms with Crippen LogP contribution in [0.25, 0.3) is 0 Å². The molecule has 170 valence electrons. The molecular formula is C23H27N3O6. The molecular weight excluding hydrogens is 414 g/mol. The van der Waals surface area contributed by atoms with Crippen LogP contribution in [0.4, 0.5) is 5.69 Å². The number of fused-ring (bicyclic) bond motifs is 1. The Morgan fingerprint density at radius 1 is 1.03 bits per heavy atom. The van der Waals surface area contributed by atoms with E-state index in [1.807, 2.05) is 18.2 Å². The predicted octanol–water partition coefficient (Wildman–Crippen LogP) is 2.85. The molecule has 0 spiro atoms. The molecule has 0 bridgehead atoms. The molecule has 0 radical (unpaired) electrons. The summed E-state index contributed by atoms with van der Waals surface area (Å²) in [6.07, 6.45) is 2.01. The van der Waals surface area contributed by atoms with Crippen molar-refractivity contribution in [1.29, 1.82) is 0 Å². The smallest absolute Gasteiger partial charge is 0.258 e. The molecule has 0 aromatic heterocycles. The Morgan fingerprint density at radius 3 is 2.59 bits per heavy atom. The van der Waals surface area contributed by atoms with E-state index >= 15 is 0 Å². The van der Waals surface area contributed by atoms with Gasteiger partial charge in [0.2, 0.25) is 5.96 Å². The van der Waals surface area contributed by atoms with Crippen molar-refractivity contribution in [3.05, 3.63) is 42.0 Å². The fourth-order valence-corrected chi connectivity index (χ4v) is 3.51. The molecule has 1 atom stereocenters. The van der Waals surface area contributed by atoms with Crippen molar-refractivity contribution < 1.29 is 28.5 Å². The lowest BCUT2D eigenvalue weighted by Gasteiger charge is -2.20. The Hall–Kier alpha value is -3.46. The monoisotopic (exact) mass is 441 g/mol. The minimum Gasteiger partial charge on any atom is -0.493 e. The molecule has 0 unspecified atom stereocenters. The zero-order valence-electron chi connectivity index (χ0n) is 18.2. The maximum atomic E-state index is 12.9. The van der Waals surface area contributed by atoms with Crippen LogP contribution in [0.1, 0.15) is 23.2 Å². The highest BCUT2D eigenvalue weighted by Gasteiger charge is 2.18. The van der Waals surface area contributed by atoms with E-state index < -0.39 is 0 Å². The quantitative estimate of drug-likeness (QED) is 0.525. The van der Waals surface area contributed by atoms with Gasteiger partial charge in [0.05, 0.1) is 26.9 Å². The van der Waals surface area contributed by atoms with Gasteiger partial charge < -0.3 is 29.0 Å². The van der Waals surface area contributed by atoms with Crippen molar-refractivity contribution in [2.75, 3.05) is 45.9 Å². The van der Waals surface area contributed by atoms with Gasteiger partial charge in [-0.05, 0) is 43.2 Å². The molecule has 32 heavy (non-hydrogen) atoms. The first-order chi connectivity index (χ1) is 15.7. The molecule has 9 nitrogen and oxygen atoms in total. The van der Waals surface area contributed by atoms with Gasteiger partial charge in [-0.2, -0.15) is 0 Å². The van der Waals surface area contributed by atoms with E-state index in [9.17, 15) is 4.79 Å². The number of hydrogen-bond donors (Lipinski definition) is 2. The first-order valence-electron chi connectivity index (χ1n) is 10.5. The van der Waals surface area contributed by atoms with Crippen LogP contribution in [0.2, 0.25) is 0 Å². The van der Waals surface area contributed by atoms with E-state index in [1.54, 1.807) is 25.3 Å². The SMILES string of the molecule is COc1ccc(C(=O)NC(=NC[C@@H]2CCCO2)Nc2ccc3c(c2)OCCO3)cc1OC. The second-order valence-corrected chi connectivity index (χ2v) is 7.33. The maximum absolute atomic E-state index is 12.9. The van der Waals surface area contributed by atoms with Crippen LogP contribution < -0.4 is 29.6 Å². The molecule has 2 aromatic carbocycles. The summed E-state index contributed by atoms with van der Waals surface area (Å²) in [4.78, 5) is 17.5. The highest BCUT2D eigenvalue weighted by molar-refractivity contribution is 6.10. The van der Waals surface area contributed by atoms with E-state index in [1.165, 1.54) is 7.11 Å². The number of hydrogen-bond acceptors (Lipinski definition) is 7. The van der Waals surface area contributed by atoms with Crippen LogP contribution in [-0.2, 0) is 4.74 Å². The van der Waals surface area contributed by atoms with Crippen LogP contribution in [0, 0.1) is 0 Å². The van der Waals surface area contributed by atoms with E-state index in [0.29, 0.717) is 60.0 Å². The number of aliphatic imine (C=N–C) groups is 1. The minimum atomic E-state index is -0.331. The highest BCUT2D eigenvalue weighted by atomic mass is 16.6. The summed E-state index contributed by atoms with van der Waals surface area (Å²) >= 11 is 0. The largest absolute Gasteiger partial charge is 0.493 e. The minimum absolute atomic E-state index is 0.0463. The number of carbonyl (C=O) groups excluding carboxylic acids is 1. The van der Waals surface area contributed by atoms with Crippen LogP contribution >= 0.6 is 0 Å². The summed E-state index contributed by atoms with van der Waals surface area (Å²) < 4.78 is 27.4. The molecule has 2 N–H and O–H groups in total. The van der Waals surface area contributed by atoms with E-state index in [2.05, 4.69) is 15.6 Å². The standard InChI is InChI=1S/C23H27N3O6/c1-28-18-7-5-15(12-20(18)29-2)22(27)26-23(24-14-17-4-3-9-30-17)25-16-6-8-19-21(13-16)32-11-10-31-19/h5-8,12-13,17H,3-4,9-11,14H2,1-2H3,(H2,24,25,26,27)/t17-/m0/s1. The zero-order valence-corrected chi connectivity index (χ0v) is 18.2. The Morgan fingerprint density at radius 2 is 1.84 bits per heavy atom. The van der Waals surface area contributed by atoms with Crippen molar-refractivity contribution in [2.45, 2.75) is 18.9 Å². The van der Waals surface area contributed by atoms with Crippen LogP contribution in [0.3, 0.4) is 0 Å². The molecule has 2 aliphatic rings. The molecule has 0 saturated carbocycles. The van der Waals surface area contributed by atoms with Gasteiger partial charge in [0.15, 0.2) is 23.0 Å². The first-order valence-corrected chi connectivity index (χ1v) is 10.5. The summed E-state index contributed by atoms with van der Waals surface area (Å²) in [7, 11) is 3.07. The number of methoxy groups -OCH3 is 2. The number of nitrogens with one attached hydrogen (secondary N) is 2. The van der Waals surface area contributed by atoms with Gasteiger partial charge in [0, 0.05) is 23.9 Å². The van der Waals surface area contributed by atoms with Gasteiger partial charge in [-0.1, -0.05) is 0 Å². The Balaban J connectivity index is 1.52. The van der Waals surface area contributed by atoms with Crippen molar-refractivity contribution in [3.63, 3.8) is 0 Å². The second-order valence-electron chi connectivity index (χ2n) is 7.33. The number of anilines is 1. The fourth-order valence-electron chi connectivity index (χ4n) is 3.51. The fraction of sp³-hybridized carbons (Fsp3) is 0.391. The third kappa shape index (κ3) is 5.23. The summed E-state index contributed by atoms with van der Waals surface area (Å²) in [5, 5.41) is 6.03. The topological polar surface area (TPSA) is 99.6 Å². The molecule has 2 heterocycles. The number of ether oxygens (including phenoxy) is 5. The lowest BCUT2D eigenvalue weighted by molar-refractivity contribution is 0.0975. The lowest BCUT2D eigenvalue weighted by atomic mass is 10.2. The van der Waals surface area contributed by atoms with Gasteiger partial charge in [0.1, 0.15) is 13.2 Å². The first kappa shape index (κ1) is 21.8. The average Bonchev–Trinajstić information content (AvgIpc) is 3.35. The van der Waals surface area contributed by atoms with Crippen LogP contribution in [-0.4, -0.2) is 58.6 Å². The van der Waals surface area contributed by atoms with Gasteiger partial charge in [-0.15, -0.1) is 0 Å². The number of benzene rings is 2. The molecule has 4 rings (SSSR count). The molecule has 0 aliphatic carbocycles. The van der Waals surface area contributed by atoms with E-state index in [-0.39, 0.29) is 12.0 Å². The number of rotatable bonds is 6. The zero-order chi connectivity index (χ0) is 22.3. The second kappa shape index (κ2) is 10.2. The molecule has 1 amide bonds. The van der Waals surface area contributed by atoms with Gasteiger partial charge in [-0.25, -0.2) is 4.99 Å². The van der Waals surface area contributed by atoms with Crippen molar-refractivity contribution in [3.8, 4) is 23.0 Å². The van der Waals surface area contributed by atoms with Gasteiger partial charge >= 0.3 is 0 Å². The third-order valence-electron chi connectivity index (χ3n) is 5.16. The Kier molecular flexibility index (Phi) is 6.96. The molecule has 2 aliphatic heterocycles. The highest BCUT2D eigenvalue weighted by Crippen LogP contribution is 2.32. The molecule has 1 saturated heterocycles.